The molecule has 1 fully saturated rings. The topological polar surface area (TPSA) is 75.0 Å². The summed E-state index contributed by atoms with van der Waals surface area (Å²) in [6.45, 7) is 1.35. The minimum atomic E-state index is 0.0750. The number of fused-ring (bicyclic) bond motifs is 1. The van der Waals surface area contributed by atoms with E-state index in [0.717, 1.165) is 30.3 Å². The van der Waals surface area contributed by atoms with Crippen LogP contribution in [0.15, 0.2) is 24.4 Å². The second-order valence-corrected chi connectivity index (χ2v) is 4.70. The van der Waals surface area contributed by atoms with Crippen LogP contribution in [0.25, 0.3) is 10.9 Å². The molecule has 5 nitrogen and oxygen atoms in total. The van der Waals surface area contributed by atoms with E-state index >= 15 is 0 Å². The van der Waals surface area contributed by atoms with Crippen LogP contribution in [-0.2, 0) is 0 Å². The molecule has 94 valence electrons. The monoisotopic (exact) mass is 244 g/mol. The van der Waals surface area contributed by atoms with Gasteiger partial charge in [-0.25, -0.2) is 0 Å². The number of amides is 1. The van der Waals surface area contributed by atoms with E-state index in [2.05, 4.69) is 10.2 Å². The lowest BCUT2D eigenvalue weighted by molar-refractivity contribution is 0.0741. The van der Waals surface area contributed by atoms with E-state index in [1.54, 1.807) is 6.20 Å². The van der Waals surface area contributed by atoms with E-state index in [1.807, 2.05) is 23.1 Å². The van der Waals surface area contributed by atoms with Crippen LogP contribution in [0.4, 0.5) is 0 Å². The number of nitrogens with zero attached hydrogens (tertiary/aromatic N) is 2. The highest BCUT2D eigenvalue weighted by Crippen LogP contribution is 2.21. The summed E-state index contributed by atoms with van der Waals surface area (Å²) in [5, 5.41) is 7.80. The van der Waals surface area contributed by atoms with Crippen molar-refractivity contribution in [3.8, 4) is 0 Å². The van der Waals surface area contributed by atoms with Gasteiger partial charge in [-0.2, -0.15) is 5.10 Å². The summed E-state index contributed by atoms with van der Waals surface area (Å²) in [7, 11) is 0. The number of benzene rings is 1. The van der Waals surface area contributed by atoms with Crippen molar-refractivity contribution in [3.63, 3.8) is 0 Å². The lowest BCUT2D eigenvalue weighted by Gasteiger charge is -2.23. The number of likely N-dealkylation sites (tertiary alicyclic amines) is 1. The predicted octanol–water partition coefficient (Wildman–Crippen LogP) is 1.13. The Kier molecular flexibility index (Phi) is 2.76. The lowest BCUT2D eigenvalue weighted by Crippen LogP contribution is -2.39. The van der Waals surface area contributed by atoms with Gasteiger partial charge in [0.2, 0.25) is 0 Å². The molecule has 1 atom stereocenters. The Morgan fingerprint density at radius 3 is 3.28 bits per heavy atom. The summed E-state index contributed by atoms with van der Waals surface area (Å²) in [6.07, 6.45) is 3.79. The van der Waals surface area contributed by atoms with E-state index in [1.165, 1.54) is 0 Å². The third kappa shape index (κ3) is 1.76. The van der Waals surface area contributed by atoms with Crippen molar-refractivity contribution in [2.24, 2.45) is 5.73 Å². The van der Waals surface area contributed by atoms with E-state index in [-0.39, 0.29) is 11.9 Å². The number of carbonyl (C=O) groups is 1. The number of nitrogens with one attached hydrogen (secondary N) is 1. The maximum Gasteiger partial charge on any atom is 0.254 e. The van der Waals surface area contributed by atoms with Gasteiger partial charge in [-0.05, 0) is 31.0 Å². The number of aromatic nitrogens is 2. The highest BCUT2D eigenvalue weighted by molar-refractivity contribution is 5.98. The number of nitrogens with two attached hydrogens (primary N) is 1. The predicted molar refractivity (Wildman–Crippen MR) is 69.2 cm³/mol. The molecule has 1 aromatic heterocycles. The summed E-state index contributed by atoms with van der Waals surface area (Å²) in [6, 6.07) is 5.81. The van der Waals surface area contributed by atoms with Crippen LogP contribution in [0.1, 0.15) is 23.2 Å². The number of rotatable bonds is 2. The Balaban J connectivity index is 1.91. The Labute approximate surface area is 105 Å². The molecule has 2 aromatic rings. The molecule has 18 heavy (non-hydrogen) atoms. The molecule has 0 radical (unpaired) electrons. The number of H-pyrrole nitrogens is 1. The molecule has 5 heteroatoms. The molecule has 0 aliphatic carbocycles. The smallest absolute Gasteiger partial charge is 0.254 e. The average Bonchev–Trinajstić information content (AvgIpc) is 3.05. The molecule has 1 aliphatic heterocycles. The zero-order chi connectivity index (χ0) is 12.5. The molecule has 1 amide bonds. The van der Waals surface area contributed by atoms with Crippen molar-refractivity contribution in [2.45, 2.75) is 18.9 Å². The van der Waals surface area contributed by atoms with E-state index in [4.69, 9.17) is 5.73 Å². The fourth-order valence-electron chi connectivity index (χ4n) is 2.59. The summed E-state index contributed by atoms with van der Waals surface area (Å²) >= 11 is 0. The summed E-state index contributed by atoms with van der Waals surface area (Å²) in [4.78, 5) is 14.3. The van der Waals surface area contributed by atoms with E-state index < -0.39 is 0 Å². The van der Waals surface area contributed by atoms with Crippen LogP contribution in [-0.4, -0.2) is 40.1 Å². The first kappa shape index (κ1) is 11.2. The molecule has 2 heterocycles. The van der Waals surface area contributed by atoms with Crippen molar-refractivity contribution in [1.82, 2.24) is 15.1 Å². The van der Waals surface area contributed by atoms with Crippen molar-refractivity contribution >= 4 is 16.8 Å². The van der Waals surface area contributed by atoms with Gasteiger partial charge in [-0.1, -0.05) is 0 Å². The molecule has 1 aliphatic rings. The molecule has 0 spiro atoms. The molecule has 0 unspecified atom stereocenters. The number of hydrogen-bond donors (Lipinski definition) is 2. The SMILES string of the molecule is NC[C@H]1CCCN1C(=O)c1ccc2[nH]ncc2c1. The molecular weight excluding hydrogens is 228 g/mol. The first-order valence-electron chi connectivity index (χ1n) is 6.24. The number of aromatic amines is 1. The largest absolute Gasteiger partial charge is 0.334 e. The van der Waals surface area contributed by atoms with Crippen LogP contribution in [0, 0.1) is 0 Å². The van der Waals surface area contributed by atoms with Crippen LogP contribution < -0.4 is 5.73 Å². The van der Waals surface area contributed by atoms with Gasteiger partial charge in [0.05, 0.1) is 11.7 Å². The maximum atomic E-state index is 12.4. The normalized spacial score (nSPS) is 19.6. The van der Waals surface area contributed by atoms with Gasteiger partial charge in [0.1, 0.15) is 0 Å². The van der Waals surface area contributed by atoms with Gasteiger partial charge in [-0.15, -0.1) is 0 Å². The van der Waals surface area contributed by atoms with Gasteiger partial charge in [-0.3, -0.25) is 9.89 Å². The Morgan fingerprint density at radius 1 is 1.56 bits per heavy atom. The second-order valence-electron chi connectivity index (χ2n) is 4.70. The zero-order valence-corrected chi connectivity index (χ0v) is 10.1. The maximum absolute atomic E-state index is 12.4. The van der Waals surface area contributed by atoms with Crippen LogP contribution in [0.2, 0.25) is 0 Å². The first-order chi connectivity index (χ1) is 8.79. The molecule has 0 bridgehead atoms. The van der Waals surface area contributed by atoms with E-state index in [9.17, 15) is 4.79 Å². The molecule has 0 saturated carbocycles. The van der Waals surface area contributed by atoms with Crippen LogP contribution >= 0.6 is 0 Å². The molecule has 3 rings (SSSR count). The number of hydrogen-bond acceptors (Lipinski definition) is 3. The van der Waals surface area contributed by atoms with Gasteiger partial charge in [0.15, 0.2) is 0 Å². The molecule has 1 aromatic carbocycles. The second kappa shape index (κ2) is 4.42. The van der Waals surface area contributed by atoms with Crippen molar-refractivity contribution in [3.05, 3.63) is 30.0 Å². The van der Waals surface area contributed by atoms with Crippen LogP contribution in [0.5, 0.6) is 0 Å². The summed E-state index contributed by atoms with van der Waals surface area (Å²) in [5.74, 6) is 0.0750. The standard InChI is InChI=1S/C13H16N4O/c14-7-11-2-1-5-17(11)13(18)9-3-4-12-10(6-9)8-15-16-12/h3-4,6,8,11H,1-2,5,7,14H2,(H,15,16)/t11-/m1/s1. The highest BCUT2D eigenvalue weighted by Gasteiger charge is 2.28. The van der Waals surface area contributed by atoms with Crippen molar-refractivity contribution in [2.75, 3.05) is 13.1 Å². The van der Waals surface area contributed by atoms with Gasteiger partial charge in [0.25, 0.3) is 5.91 Å². The Morgan fingerprint density at radius 2 is 2.44 bits per heavy atom. The molecule has 1 saturated heterocycles. The summed E-state index contributed by atoms with van der Waals surface area (Å²) < 4.78 is 0. The fraction of sp³-hybridized carbons (Fsp3) is 0.385. The minimum Gasteiger partial charge on any atom is -0.334 e. The van der Waals surface area contributed by atoms with Crippen molar-refractivity contribution in [1.29, 1.82) is 0 Å². The fourth-order valence-corrected chi connectivity index (χ4v) is 2.59. The van der Waals surface area contributed by atoms with Gasteiger partial charge < -0.3 is 10.6 Å². The zero-order valence-electron chi connectivity index (χ0n) is 10.1. The third-order valence-electron chi connectivity index (χ3n) is 3.60. The Bertz CT molecular complexity index is 577. The minimum absolute atomic E-state index is 0.0750. The van der Waals surface area contributed by atoms with Crippen molar-refractivity contribution < 1.29 is 4.79 Å². The quantitative estimate of drug-likeness (QED) is 0.831. The lowest BCUT2D eigenvalue weighted by atomic mass is 10.1. The summed E-state index contributed by atoms with van der Waals surface area (Å²) in [5.41, 5.74) is 7.37. The Hall–Kier alpha value is -1.88. The van der Waals surface area contributed by atoms with E-state index in [0.29, 0.717) is 12.1 Å². The van der Waals surface area contributed by atoms with Gasteiger partial charge >= 0.3 is 0 Å². The first-order valence-corrected chi connectivity index (χ1v) is 6.24. The highest BCUT2D eigenvalue weighted by atomic mass is 16.2. The van der Waals surface area contributed by atoms with Gasteiger partial charge in [0, 0.05) is 30.1 Å². The van der Waals surface area contributed by atoms with Crippen LogP contribution in [0.3, 0.4) is 0 Å². The average molecular weight is 244 g/mol. The molecule has 3 N–H and O–H groups in total. The number of carbonyl (C=O) groups excluding carboxylic acids is 1. The molecular formula is C13H16N4O. The third-order valence-corrected chi connectivity index (χ3v) is 3.60.